The number of hydrogen-bond acceptors (Lipinski definition) is 0. The molecule has 0 saturated heterocycles. The maximum Gasteiger partial charge on any atom is 0.0788 e. The lowest BCUT2D eigenvalue weighted by atomic mass is 10.0. The molecule has 3 aromatic heterocycles. The molecule has 3 heterocycles. The molecule has 0 spiro atoms. The van der Waals surface area contributed by atoms with E-state index in [1.54, 1.807) is 0 Å². The Balaban J connectivity index is 1.33. The molecule has 11 aromatic rings. The Morgan fingerprint density at radius 3 is 1.12 bits per heavy atom. The van der Waals surface area contributed by atoms with Crippen LogP contribution in [0, 0.1) is 0 Å². The molecule has 0 fully saturated rings. The smallest absolute Gasteiger partial charge is 0.0788 e. The summed E-state index contributed by atoms with van der Waals surface area (Å²) in [5, 5.41) is 7.48. The van der Waals surface area contributed by atoms with E-state index in [9.17, 15) is 0 Å². The fourth-order valence-corrected chi connectivity index (χ4v) is 8.47. The van der Waals surface area contributed by atoms with Crippen LogP contribution in [0.3, 0.4) is 0 Å². The Kier molecular flexibility index (Phi) is 5.96. The highest BCUT2D eigenvalue weighted by atomic mass is 15.1. The van der Waals surface area contributed by atoms with Gasteiger partial charge in [-0.3, -0.25) is 0 Å². The third-order valence-corrected chi connectivity index (χ3v) is 10.6. The van der Waals surface area contributed by atoms with Gasteiger partial charge in [0.25, 0.3) is 0 Å². The Bertz CT molecular complexity index is 3070. The minimum atomic E-state index is 1.12. The fraction of sp³-hybridized carbons (Fsp3) is 0. The van der Waals surface area contributed by atoms with Crippen molar-refractivity contribution in [2.75, 3.05) is 0 Å². The summed E-state index contributed by atoms with van der Waals surface area (Å²) in [4.78, 5) is 0. The minimum Gasteiger partial charge on any atom is -0.309 e. The topological polar surface area (TPSA) is 14.8 Å². The van der Waals surface area contributed by atoms with Crippen molar-refractivity contribution in [1.29, 1.82) is 0 Å². The van der Waals surface area contributed by atoms with Crippen molar-refractivity contribution in [3.8, 4) is 28.2 Å². The number of fused-ring (bicyclic) bond motifs is 10. The van der Waals surface area contributed by atoms with Crippen molar-refractivity contribution >= 4 is 65.4 Å². The zero-order chi connectivity index (χ0) is 33.5. The highest BCUT2D eigenvalue weighted by Gasteiger charge is 2.22. The zero-order valence-electron chi connectivity index (χ0n) is 27.7. The van der Waals surface area contributed by atoms with E-state index in [0.29, 0.717) is 0 Å². The summed E-state index contributed by atoms with van der Waals surface area (Å²) in [6.45, 7) is 0. The highest BCUT2D eigenvalue weighted by Crippen LogP contribution is 2.43. The first-order valence-electron chi connectivity index (χ1n) is 17.5. The molecule has 11 rings (SSSR count). The maximum atomic E-state index is 2.51. The van der Waals surface area contributed by atoms with Gasteiger partial charge >= 0.3 is 0 Å². The molecule has 0 bridgehead atoms. The van der Waals surface area contributed by atoms with Gasteiger partial charge in [0.1, 0.15) is 0 Å². The summed E-state index contributed by atoms with van der Waals surface area (Å²) in [6.07, 6.45) is 0. The Hall–Kier alpha value is -6.84. The van der Waals surface area contributed by atoms with E-state index in [1.807, 2.05) is 0 Å². The third kappa shape index (κ3) is 4.06. The van der Waals surface area contributed by atoms with Crippen LogP contribution in [-0.4, -0.2) is 13.7 Å². The van der Waals surface area contributed by atoms with Gasteiger partial charge in [-0.15, -0.1) is 0 Å². The molecule has 51 heavy (non-hydrogen) atoms. The molecule has 0 aliphatic rings. The van der Waals surface area contributed by atoms with Gasteiger partial charge in [0.2, 0.25) is 0 Å². The van der Waals surface area contributed by atoms with E-state index in [-0.39, 0.29) is 0 Å². The summed E-state index contributed by atoms with van der Waals surface area (Å²) in [7, 11) is 0. The van der Waals surface area contributed by atoms with Crippen LogP contribution in [0.25, 0.3) is 93.6 Å². The van der Waals surface area contributed by atoms with Gasteiger partial charge in [-0.1, -0.05) is 133 Å². The molecule has 0 amide bonds. The quantitative estimate of drug-likeness (QED) is 0.180. The number of para-hydroxylation sites is 5. The molecule has 0 atom stereocenters. The van der Waals surface area contributed by atoms with Crippen molar-refractivity contribution in [1.82, 2.24) is 13.7 Å². The van der Waals surface area contributed by atoms with E-state index in [2.05, 4.69) is 202 Å². The minimum absolute atomic E-state index is 1.12. The van der Waals surface area contributed by atoms with Gasteiger partial charge in [-0.2, -0.15) is 0 Å². The number of aromatic nitrogens is 3. The molecule has 0 aliphatic heterocycles. The van der Waals surface area contributed by atoms with Gasteiger partial charge in [-0.25, -0.2) is 0 Å². The van der Waals surface area contributed by atoms with Crippen molar-refractivity contribution in [2.24, 2.45) is 0 Å². The van der Waals surface area contributed by atoms with Crippen LogP contribution < -0.4 is 0 Å². The second kappa shape index (κ2) is 10.8. The largest absolute Gasteiger partial charge is 0.309 e. The summed E-state index contributed by atoms with van der Waals surface area (Å²) in [5.74, 6) is 0. The summed E-state index contributed by atoms with van der Waals surface area (Å²) in [5.41, 5.74) is 12.9. The van der Waals surface area contributed by atoms with E-state index >= 15 is 0 Å². The van der Waals surface area contributed by atoms with Crippen LogP contribution in [0.2, 0.25) is 0 Å². The van der Waals surface area contributed by atoms with Crippen molar-refractivity contribution in [3.05, 3.63) is 188 Å². The second-order valence-corrected chi connectivity index (χ2v) is 13.4. The molecule has 0 saturated carbocycles. The highest BCUT2D eigenvalue weighted by molar-refractivity contribution is 6.24. The Labute approximate surface area is 294 Å². The monoisotopic (exact) mass is 649 g/mol. The molecule has 0 unspecified atom stereocenters. The SMILES string of the molecule is c1ccc(-c2cc(-n3c4ccccc4c4ccccc43)cc(-n3c4ccccc4c4ccc5c6ccccc6n(-c6ccccc6)c5c43)c2)cc1. The van der Waals surface area contributed by atoms with Gasteiger partial charge in [0, 0.05) is 49.4 Å². The normalized spacial score (nSPS) is 11.9. The molecule has 0 radical (unpaired) electrons. The lowest BCUT2D eigenvalue weighted by Gasteiger charge is -2.17. The van der Waals surface area contributed by atoms with E-state index in [4.69, 9.17) is 0 Å². The predicted octanol–water partition coefficient (Wildman–Crippen LogP) is 12.6. The first-order chi connectivity index (χ1) is 25.3. The van der Waals surface area contributed by atoms with Crippen molar-refractivity contribution < 1.29 is 0 Å². The van der Waals surface area contributed by atoms with E-state index in [1.165, 1.54) is 76.5 Å². The molecule has 8 aromatic carbocycles. The lowest BCUT2D eigenvalue weighted by Crippen LogP contribution is -2.01. The van der Waals surface area contributed by atoms with E-state index in [0.717, 1.165) is 17.1 Å². The van der Waals surface area contributed by atoms with Crippen LogP contribution in [0.5, 0.6) is 0 Å². The third-order valence-electron chi connectivity index (χ3n) is 10.6. The molecule has 3 nitrogen and oxygen atoms in total. The maximum absolute atomic E-state index is 2.51. The summed E-state index contributed by atoms with van der Waals surface area (Å²) < 4.78 is 7.40. The zero-order valence-corrected chi connectivity index (χ0v) is 27.7. The van der Waals surface area contributed by atoms with Crippen LogP contribution in [0.15, 0.2) is 188 Å². The van der Waals surface area contributed by atoms with Crippen LogP contribution in [0.4, 0.5) is 0 Å². The molecular formula is C48H31N3. The number of benzene rings is 8. The Morgan fingerprint density at radius 1 is 0.235 bits per heavy atom. The fourth-order valence-electron chi connectivity index (χ4n) is 8.47. The predicted molar refractivity (Wildman–Crippen MR) is 215 cm³/mol. The molecule has 238 valence electrons. The van der Waals surface area contributed by atoms with Crippen LogP contribution in [0.1, 0.15) is 0 Å². The molecule has 0 aliphatic carbocycles. The van der Waals surface area contributed by atoms with Crippen molar-refractivity contribution in [3.63, 3.8) is 0 Å². The Morgan fingerprint density at radius 2 is 0.608 bits per heavy atom. The first-order valence-corrected chi connectivity index (χ1v) is 17.5. The van der Waals surface area contributed by atoms with Gasteiger partial charge in [0.15, 0.2) is 0 Å². The average molecular weight is 650 g/mol. The van der Waals surface area contributed by atoms with E-state index < -0.39 is 0 Å². The van der Waals surface area contributed by atoms with Crippen molar-refractivity contribution in [2.45, 2.75) is 0 Å². The van der Waals surface area contributed by atoms with Gasteiger partial charge < -0.3 is 13.7 Å². The second-order valence-electron chi connectivity index (χ2n) is 13.4. The molecule has 3 heteroatoms. The average Bonchev–Trinajstić information content (AvgIpc) is 3.84. The summed E-state index contributed by atoms with van der Waals surface area (Å²) >= 11 is 0. The summed E-state index contributed by atoms with van der Waals surface area (Å²) in [6, 6.07) is 68.5. The first kappa shape index (κ1) is 28.0. The molecular weight excluding hydrogens is 619 g/mol. The number of hydrogen-bond donors (Lipinski definition) is 0. The van der Waals surface area contributed by atoms with Crippen LogP contribution in [-0.2, 0) is 0 Å². The molecule has 0 N–H and O–H groups in total. The standard InChI is InChI=1S/C48H31N3/c1-3-15-32(16-4-1)33-29-35(49-43-23-11-7-19-37(43)38-20-8-12-24-44(38)49)31-36(30-33)51-46-26-14-10-22-40(46)42-28-27-41-39-21-9-13-25-45(39)50(47(41)48(42)51)34-17-5-2-6-18-34/h1-31H. The lowest BCUT2D eigenvalue weighted by molar-refractivity contribution is 1.13. The van der Waals surface area contributed by atoms with Gasteiger partial charge in [-0.05, 0) is 65.7 Å². The van der Waals surface area contributed by atoms with Crippen LogP contribution >= 0.6 is 0 Å². The number of nitrogens with zero attached hydrogens (tertiary/aromatic N) is 3. The van der Waals surface area contributed by atoms with Gasteiger partial charge in [0.05, 0.1) is 33.1 Å². The number of rotatable bonds is 4.